The van der Waals surface area contributed by atoms with Crippen molar-refractivity contribution < 1.29 is 23.9 Å². The molecule has 0 saturated carbocycles. The lowest BCUT2D eigenvalue weighted by Crippen LogP contribution is -2.21. The van der Waals surface area contributed by atoms with Gasteiger partial charge in [0.15, 0.2) is 12.4 Å². The number of hydrogen-bond donors (Lipinski definition) is 2. The summed E-state index contributed by atoms with van der Waals surface area (Å²) < 4.78 is 11.9. The molecule has 4 rings (SSSR count). The molecule has 0 fully saturated rings. The monoisotopic (exact) mass is 485 g/mol. The third-order valence-corrected chi connectivity index (χ3v) is 5.22. The number of carbonyl (C=O) groups excluding carboxylic acids is 3. The predicted molar refractivity (Wildman–Crippen MR) is 132 cm³/mol. The van der Waals surface area contributed by atoms with Crippen molar-refractivity contribution in [2.75, 3.05) is 24.4 Å². The van der Waals surface area contributed by atoms with Gasteiger partial charge >= 0.3 is 5.97 Å². The minimum atomic E-state index is -0.673. The maximum atomic E-state index is 12.5. The van der Waals surface area contributed by atoms with E-state index in [0.29, 0.717) is 34.2 Å². The Bertz CT molecular complexity index is 1380. The van der Waals surface area contributed by atoms with Crippen LogP contribution >= 0.6 is 0 Å². The lowest BCUT2D eigenvalue weighted by Gasteiger charge is -2.10. The van der Waals surface area contributed by atoms with Gasteiger partial charge in [-0.2, -0.15) is 5.10 Å². The summed E-state index contributed by atoms with van der Waals surface area (Å²) in [7, 11) is 1.52. The minimum Gasteiger partial charge on any atom is -0.495 e. The van der Waals surface area contributed by atoms with Crippen LogP contribution in [0.2, 0.25) is 0 Å². The van der Waals surface area contributed by atoms with E-state index in [1.807, 2.05) is 6.07 Å². The normalized spacial score (nSPS) is 10.4. The van der Waals surface area contributed by atoms with Crippen LogP contribution in [0.5, 0.6) is 5.75 Å². The Balaban J connectivity index is 1.31. The summed E-state index contributed by atoms with van der Waals surface area (Å²) in [6.45, 7) is 1.23. The second-order valence-electron chi connectivity index (χ2n) is 7.60. The van der Waals surface area contributed by atoms with E-state index < -0.39 is 18.5 Å². The molecule has 0 radical (unpaired) electrons. The fourth-order valence-corrected chi connectivity index (χ4v) is 3.37. The Hall–Kier alpha value is -4.99. The zero-order valence-corrected chi connectivity index (χ0v) is 19.6. The van der Waals surface area contributed by atoms with Crippen LogP contribution in [0, 0.1) is 6.92 Å². The Labute approximate surface area is 206 Å². The standard InChI is InChI=1S/C26H23N5O5/c1-17-20(15-28-31(17)23-9-5-6-14-27-23)26(34)36-16-24(32)29-19-12-10-18(11-13-19)25(33)30-21-7-3-4-8-22(21)35-2/h3-15H,16H2,1-2H3,(H,29,32)(H,30,33). The summed E-state index contributed by atoms with van der Waals surface area (Å²) in [6, 6.07) is 18.7. The molecule has 10 nitrogen and oxygen atoms in total. The van der Waals surface area contributed by atoms with Gasteiger partial charge < -0.3 is 20.1 Å². The number of ether oxygens (including phenoxy) is 2. The molecule has 2 aromatic heterocycles. The largest absolute Gasteiger partial charge is 0.495 e. The van der Waals surface area contributed by atoms with Crippen molar-refractivity contribution in [3.05, 3.63) is 95.9 Å². The summed E-state index contributed by atoms with van der Waals surface area (Å²) in [6.07, 6.45) is 3.00. The lowest BCUT2D eigenvalue weighted by atomic mass is 10.2. The van der Waals surface area contributed by atoms with Crippen LogP contribution in [0.3, 0.4) is 0 Å². The van der Waals surface area contributed by atoms with Gasteiger partial charge in [-0.15, -0.1) is 0 Å². The highest BCUT2D eigenvalue weighted by Crippen LogP contribution is 2.24. The average Bonchev–Trinajstić information content (AvgIpc) is 3.29. The van der Waals surface area contributed by atoms with Crippen molar-refractivity contribution in [3.8, 4) is 11.6 Å². The van der Waals surface area contributed by atoms with Crippen LogP contribution in [0.15, 0.2) is 79.1 Å². The summed E-state index contributed by atoms with van der Waals surface area (Å²) in [5.74, 6) is -0.416. The van der Waals surface area contributed by atoms with E-state index >= 15 is 0 Å². The number of pyridine rings is 1. The first-order valence-corrected chi connectivity index (χ1v) is 10.9. The molecule has 0 atom stereocenters. The maximum Gasteiger partial charge on any atom is 0.342 e. The van der Waals surface area contributed by atoms with Gasteiger partial charge in [0.2, 0.25) is 0 Å². The van der Waals surface area contributed by atoms with Crippen LogP contribution in [0.4, 0.5) is 11.4 Å². The van der Waals surface area contributed by atoms with E-state index in [4.69, 9.17) is 9.47 Å². The molecular formula is C26H23N5O5. The summed E-state index contributed by atoms with van der Waals surface area (Å²) in [5, 5.41) is 9.59. The highest BCUT2D eigenvalue weighted by Gasteiger charge is 2.18. The van der Waals surface area contributed by atoms with Gasteiger partial charge in [-0.05, 0) is 55.5 Å². The molecule has 0 aliphatic carbocycles. The number of anilines is 2. The summed E-state index contributed by atoms with van der Waals surface area (Å²) in [4.78, 5) is 41.5. The second kappa shape index (κ2) is 11.0. The third kappa shape index (κ3) is 5.55. The number of carbonyl (C=O) groups is 3. The Morgan fingerprint density at radius 2 is 1.69 bits per heavy atom. The number of methoxy groups -OCH3 is 1. The topological polar surface area (TPSA) is 124 Å². The highest BCUT2D eigenvalue weighted by molar-refractivity contribution is 6.05. The molecule has 0 aliphatic heterocycles. The van der Waals surface area contributed by atoms with Gasteiger partial charge in [0.05, 0.1) is 24.7 Å². The number of nitrogens with one attached hydrogen (secondary N) is 2. The molecule has 2 aromatic carbocycles. The molecule has 10 heteroatoms. The van der Waals surface area contributed by atoms with Gasteiger partial charge in [0.25, 0.3) is 11.8 Å². The number of nitrogens with zero attached hydrogens (tertiary/aromatic N) is 3. The highest BCUT2D eigenvalue weighted by atomic mass is 16.5. The van der Waals surface area contributed by atoms with Gasteiger partial charge in [-0.3, -0.25) is 9.59 Å². The number of rotatable bonds is 8. The van der Waals surface area contributed by atoms with Crippen LogP contribution in [-0.2, 0) is 9.53 Å². The maximum absolute atomic E-state index is 12.5. The first-order valence-electron chi connectivity index (χ1n) is 10.9. The van der Waals surface area contributed by atoms with Crippen molar-refractivity contribution in [1.82, 2.24) is 14.8 Å². The van der Waals surface area contributed by atoms with Crippen LogP contribution < -0.4 is 15.4 Å². The molecule has 0 spiro atoms. The molecule has 0 aliphatic rings. The van der Waals surface area contributed by atoms with E-state index in [0.717, 1.165) is 0 Å². The zero-order chi connectivity index (χ0) is 25.5. The molecular weight excluding hydrogens is 462 g/mol. The summed E-state index contributed by atoms with van der Waals surface area (Å²) in [5.41, 5.74) is 2.17. The first kappa shape index (κ1) is 24.1. The lowest BCUT2D eigenvalue weighted by molar-refractivity contribution is -0.119. The van der Waals surface area contributed by atoms with E-state index in [-0.39, 0.29) is 11.5 Å². The smallest absolute Gasteiger partial charge is 0.342 e. The number of aromatic nitrogens is 3. The molecule has 182 valence electrons. The second-order valence-corrected chi connectivity index (χ2v) is 7.60. The molecule has 2 amide bonds. The number of benzene rings is 2. The van der Waals surface area contributed by atoms with Crippen LogP contribution in [-0.4, -0.2) is 46.3 Å². The molecule has 0 saturated heterocycles. The molecule has 36 heavy (non-hydrogen) atoms. The fraction of sp³-hybridized carbons (Fsp3) is 0.115. The minimum absolute atomic E-state index is 0.235. The van der Waals surface area contributed by atoms with Gasteiger partial charge in [-0.25, -0.2) is 14.5 Å². The molecule has 2 heterocycles. The van der Waals surface area contributed by atoms with Gasteiger partial charge in [0, 0.05) is 17.4 Å². The van der Waals surface area contributed by atoms with Crippen LogP contribution in [0.1, 0.15) is 26.4 Å². The number of esters is 1. The Morgan fingerprint density at radius 3 is 2.42 bits per heavy atom. The molecule has 0 bridgehead atoms. The van der Waals surface area contributed by atoms with Crippen molar-refractivity contribution in [2.24, 2.45) is 0 Å². The van der Waals surface area contributed by atoms with Crippen molar-refractivity contribution in [1.29, 1.82) is 0 Å². The fourth-order valence-electron chi connectivity index (χ4n) is 3.37. The number of hydrogen-bond acceptors (Lipinski definition) is 7. The van der Waals surface area contributed by atoms with Crippen molar-refractivity contribution in [2.45, 2.75) is 6.92 Å². The quantitative estimate of drug-likeness (QED) is 0.365. The SMILES string of the molecule is COc1ccccc1NC(=O)c1ccc(NC(=O)COC(=O)c2cnn(-c3ccccn3)c2C)cc1. The molecule has 0 unspecified atom stereocenters. The first-order chi connectivity index (χ1) is 17.5. The number of amides is 2. The van der Waals surface area contributed by atoms with Gasteiger partial charge in [0.1, 0.15) is 11.3 Å². The van der Waals surface area contributed by atoms with E-state index in [1.54, 1.807) is 73.8 Å². The summed E-state index contributed by atoms with van der Waals surface area (Å²) >= 11 is 0. The van der Waals surface area contributed by atoms with Crippen molar-refractivity contribution in [3.63, 3.8) is 0 Å². The number of para-hydroxylation sites is 2. The predicted octanol–water partition coefficient (Wildman–Crippen LogP) is 3.63. The molecule has 4 aromatic rings. The van der Waals surface area contributed by atoms with Crippen molar-refractivity contribution >= 4 is 29.2 Å². The van der Waals surface area contributed by atoms with E-state index in [1.165, 1.54) is 18.0 Å². The van der Waals surface area contributed by atoms with Gasteiger partial charge in [-0.1, -0.05) is 18.2 Å². The third-order valence-electron chi connectivity index (χ3n) is 5.22. The Kier molecular flexibility index (Phi) is 7.35. The van der Waals surface area contributed by atoms with E-state index in [2.05, 4.69) is 20.7 Å². The average molecular weight is 486 g/mol. The zero-order valence-electron chi connectivity index (χ0n) is 19.6. The van der Waals surface area contributed by atoms with E-state index in [9.17, 15) is 14.4 Å². The molecule has 2 N–H and O–H groups in total. The Morgan fingerprint density at radius 1 is 0.944 bits per heavy atom. The van der Waals surface area contributed by atoms with Crippen LogP contribution in [0.25, 0.3) is 5.82 Å².